The van der Waals surface area contributed by atoms with Crippen molar-refractivity contribution >= 4 is 16.1 Å². The van der Waals surface area contributed by atoms with Crippen molar-refractivity contribution in [3.8, 4) is 0 Å². The van der Waals surface area contributed by atoms with Crippen LogP contribution < -0.4 is 0 Å². The van der Waals surface area contributed by atoms with Crippen molar-refractivity contribution in [3.63, 3.8) is 0 Å². The van der Waals surface area contributed by atoms with Gasteiger partial charge in [-0.25, -0.2) is 0 Å². The summed E-state index contributed by atoms with van der Waals surface area (Å²) in [6.45, 7) is 6.71. The monoisotopic (exact) mass is 203 g/mol. The maximum atomic E-state index is 4.90. The average molecular weight is 203 g/mol. The summed E-state index contributed by atoms with van der Waals surface area (Å²) in [5.41, 5.74) is 3.58. The van der Waals surface area contributed by atoms with E-state index in [-0.39, 0.29) is 0 Å². The fourth-order valence-corrected chi connectivity index (χ4v) is 1.69. The molecule has 0 aliphatic heterocycles. The quantitative estimate of drug-likeness (QED) is 0.669. The minimum Gasteiger partial charge on any atom is -0.414 e. The molecule has 0 atom stereocenters. The van der Waals surface area contributed by atoms with Crippen LogP contribution in [0.5, 0.6) is 0 Å². The fourth-order valence-electron chi connectivity index (χ4n) is 1.52. The highest BCUT2D eigenvalue weighted by molar-refractivity contribution is 5.98. The first kappa shape index (κ1) is 11.2. The second kappa shape index (κ2) is 5.78. The SMILES string of the molecule is C=C(CO[Si])c1ccccc1CCC. The van der Waals surface area contributed by atoms with E-state index in [0.29, 0.717) is 6.61 Å². The third-order valence-corrected chi connectivity index (χ3v) is 2.31. The van der Waals surface area contributed by atoms with Crippen LogP contribution in [0.2, 0.25) is 0 Å². The number of hydrogen-bond acceptors (Lipinski definition) is 1. The molecular weight excluding hydrogens is 188 g/mol. The second-order valence-corrected chi connectivity index (χ2v) is 3.59. The topological polar surface area (TPSA) is 9.23 Å². The molecule has 1 rings (SSSR count). The van der Waals surface area contributed by atoms with Crippen molar-refractivity contribution in [2.75, 3.05) is 6.61 Å². The van der Waals surface area contributed by atoms with Gasteiger partial charge in [0.1, 0.15) is 0 Å². The molecule has 2 heteroatoms. The molecule has 1 aromatic rings. The summed E-state index contributed by atoms with van der Waals surface area (Å²) in [5.74, 6) is 0. The molecule has 1 nitrogen and oxygen atoms in total. The molecule has 0 saturated carbocycles. The van der Waals surface area contributed by atoms with Crippen LogP contribution in [-0.4, -0.2) is 17.1 Å². The zero-order chi connectivity index (χ0) is 10.4. The molecule has 0 aliphatic carbocycles. The van der Waals surface area contributed by atoms with Crippen LogP contribution in [0.25, 0.3) is 5.57 Å². The van der Waals surface area contributed by atoms with Crippen LogP contribution in [0.4, 0.5) is 0 Å². The van der Waals surface area contributed by atoms with Gasteiger partial charge >= 0.3 is 0 Å². The lowest BCUT2D eigenvalue weighted by Crippen LogP contribution is -1.98. The normalized spacial score (nSPS) is 10.1. The molecule has 0 aromatic heterocycles. The second-order valence-electron chi connectivity index (χ2n) is 3.30. The number of hydrogen-bond donors (Lipinski definition) is 0. The summed E-state index contributed by atoms with van der Waals surface area (Å²) >= 11 is 0. The lowest BCUT2D eigenvalue weighted by Gasteiger charge is -2.10. The Morgan fingerprint density at radius 3 is 2.79 bits per heavy atom. The highest BCUT2D eigenvalue weighted by Crippen LogP contribution is 2.19. The van der Waals surface area contributed by atoms with Crippen LogP contribution in [0.1, 0.15) is 24.5 Å². The summed E-state index contributed by atoms with van der Waals surface area (Å²) in [7, 11) is 3.00. The minimum absolute atomic E-state index is 0.525. The van der Waals surface area contributed by atoms with Crippen LogP contribution in [0, 0.1) is 0 Å². The highest BCUT2D eigenvalue weighted by Gasteiger charge is 2.03. The zero-order valence-electron chi connectivity index (χ0n) is 8.55. The van der Waals surface area contributed by atoms with Gasteiger partial charge in [0, 0.05) is 0 Å². The van der Waals surface area contributed by atoms with Gasteiger partial charge in [-0.2, -0.15) is 0 Å². The van der Waals surface area contributed by atoms with Gasteiger partial charge in [0.2, 0.25) is 10.5 Å². The van der Waals surface area contributed by atoms with E-state index < -0.39 is 0 Å². The highest BCUT2D eigenvalue weighted by atomic mass is 28.2. The molecule has 0 fully saturated rings. The number of aryl methyl sites for hydroxylation is 1. The minimum atomic E-state index is 0.525. The number of rotatable bonds is 5. The summed E-state index contributed by atoms with van der Waals surface area (Å²) in [6, 6.07) is 8.35. The third kappa shape index (κ3) is 2.82. The summed E-state index contributed by atoms with van der Waals surface area (Å²) in [5, 5.41) is 0. The van der Waals surface area contributed by atoms with Gasteiger partial charge in [-0.05, 0) is 23.1 Å². The predicted octanol–water partition coefficient (Wildman–Crippen LogP) is 2.75. The Morgan fingerprint density at radius 1 is 1.43 bits per heavy atom. The van der Waals surface area contributed by atoms with Crippen molar-refractivity contribution in [1.29, 1.82) is 0 Å². The Kier molecular flexibility index (Phi) is 4.63. The summed E-state index contributed by atoms with van der Waals surface area (Å²) < 4.78 is 4.90. The van der Waals surface area contributed by atoms with E-state index in [0.717, 1.165) is 18.4 Å². The van der Waals surface area contributed by atoms with Crippen molar-refractivity contribution in [2.24, 2.45) is 0 Å². The molecule has 0 unspecified atom stereocenters. The number of benzene rings is 1. The summed E-state index contributed by atoms with van der Waals surface area (Å²) in [4.78, 5) is 0. The van der Waals surface area contributed by atoms with Crippen LogP contribution in [0.3, 0.4) is 0 Å². The van der Waals surface area contributed by atoms with Crippen LogP contribution >= 0.6 is 0 Å². The molecule has 3 radical (unpaired) electrons. The van der Waals surface area contributed by atoms with Gasteiger partial charge in [0.05, 0.1) is 6.61 Å². The Hall–Kier alpha value is -0.863. The Balaban J connectivity index is 2.88. The maximum Gasteiger partial charge on any atom is 0.246 e. The van der Waals surface area contributed by atoms with Crippen molar-refractivity contribution in [2.45, 2.75) is 19.8 Å². The molecule has 0 aliphatic rings. The molecular formula is C12H15OSi. The Labute approximate surface area is 89.3 Å². The largest absolute Gasteiger partial charge is 0.414 e. The van der Waals surface area contributed by atoms with E-state index in [1.54, 1.807) is 0 Å². The van der Waals surface area contributed by atoms with E-state index in [1.807, 2.05) is 6.07 Å². The Morgan fingerprint density at radius 2 is 2.14 bits per heavy atom. The lowest BCUT2D eigenvalue weighted by atomic mass is 9.98. The van der Waals surface area contributed by atoms with Crippen LogP contribution in [0.15, 0.2) is 30.8 Å². The first-order chi connectivity index (χ1) is 6.79. The van der Waals surface area contributed by atoms with Gasteiger partial charge < -0.3 is 4.43 Å². The smallest absolute Gasteiger partial charge is 0.246 e. The molecule has 0 spiro atoms. The van der Waals surface area contributed by atoms with Gasteiger partial charge in [-0.3, -0.25) is 0 Å². The van der Waals surface area contributed by atoms with Crippen molar-refractivity contribution in [1.82, 2.24) is 0 Å². The van der Waals surface area contributed by atoms with Gasteiger partial charge in [0.15, 0.2) is 0 Å². The fraction of sp³-hybridized carbons (Fsp3) is 0.333. The van der Waals surface area contributed by atoms with E-state index in [4.69, 9.17) is 4.43 Å². The molecule has 1 aromatic carbocycles. The van der Waals surface area contributed by atoms with Crippen molar-refractivity contribution < 1.29 is 4.43 Å². The Bertz CT molecular complexity index is 307. The van der Waals surface area contributed by atoms with Gasteiger partial charge in [-0.15, -0.1) is 0 Å². The summed E-state index contributed by atoms with van der Waals surface area (Å²) in [6.07, 6.45) is 2.25. The van der Waals surface area contributed by atoms with Crippen LogP contribution in [-0.2, 0) is 10.8 Å². The first-order valence-electron chi connectivity index (χ1n) is 4.84. The van der Waals surface area contributed by atoms with E-state index >= 15 is 0 Å². The first-order valence-corrected chi connectivity index (χ1v) is 5.25. The lowest BCUT2D eigenvalue weighted by molar-refractivity contribution is 0.409. The van der Waals surface area contributed by atoms with E-state index in [1.165, 1.54) is 11.1 Å². The maximum absolute atomic E-state index is 4.90. The van der Waals surface area contributed by atoms with Crippen molar-refractivity contribution in [3.05, 3.63) is 42.0 Å². The van der Waals surface area contributed by atoms with Gasteiger partial charge in [0.25, 0.3) is 0 Å². The molecule has 0 amide bonds. The zero-order valence-corrected chi connectivity index (χ0v) is 9.55. The molecule has 73 valence electrons. The standard InChI is InChI=1S/C12H15OSi/c1-3-6-11-7-4-5-8-12(11)10(2)9-13-14/h4-5,7-8H,2-3,6,9H2,1H3. The molecule has 0 N–H and O–H groups in total. The van der Waals surface area contributed by atoms with Gasteiger partial charge in [-0.1, -0.05) is 44.2 Å². The molecule has 0 heterocycles. The third-order valence-electron chi connectivity index (χ3n) is 2.16. The van der Waals surface area contributed by atoms with E-state index in [9.17, 15) is 0 Å². The predicted molar refractivity (Wildman–Crippen MR) is 61.2 cm³/mol. The molecule has 0 saturated heterocycles. The average Bonchev–Trinajstić information content (AvgIpc) is 2.19. The van der Waals surface area contributed by atoms with E-state index in [2.05, 4.69) is 42.2 Å². The molecule has 0 bridgehead atoms. The molecule has 14 heavy (non-hydrogen) atoms.